The summed E-state index contributed by atoms with van der Waals surface area (Å²) in [6.07, 6.45) is 34.3. The van der Waals surface area contributed by atoms with E-state index in [0.29, 0.717) is 12.8 Å². The van der Waals surface area contributed by atoms with E-state index in [4.69, 9.17) is 9.26 Å². The number of carbonyl (C=O) groups excluding carboxylic acids is 2. The zero-order valence-corrected chi connectivity index (χ0v) is 32.0. The summed E-state index contributed by atoms with van der Waals surface area (Å²) < 4.78 is 21.6. The van der Waals surface area contributed by atoms with Gasteiger partial charge in [-0.15, -0.1) is 0 Å². The first kappa shape index (κ1) is 47.0. The average molecular weight is 703 g/mol. The average Bonchev–Trinajstić information content (AvgIpc) is 3.05. The number of Topliss-reactive ketones (excluding diaryl/α,β-unsaturated/α-hetero) is 1. The fraction of sp³-hybridized carbons (Fsp3) is 0.897. The van der Waals surface area contributed by atoms with Gasteiger partial charge in [0.1, 0.15) is 0 Å². The van der Waals surface area contributed by atoms with E-state index in [-0.39, 0.29) is 12.8 Å². The molecule has 0 aliphatic rings. The largest absolute Gasteiger partial charge is 0.470 e. The summed E-state index contributed by atoms with van der Waals surface area (Å²) in [7, 11) is -5.04. The van der Waals surface area contributed by atoms with Crippen LogP contribution in [0.15, 0.2) is 12.2 Å². The molecule has 0 spiro atoms. The summed E-state index contributed by atoms with van der Waals surface area (Å²) in [5, 5.41) is 9.83. The van der Waals surface area contributed by atoms with E-state index in [9.17, 15) is 29.0 Å². The van der Waals surface area contributed by atoms with Gasteiger partial charge in [-0.2, -0.15) is 0 Å². The van der Waals surface area contributed by atoms with Gasteiger partial charge in [-0.25, -0.2) is 4.57 Å². The lowest BCUT2D eigenvalue weighted by Crippen LogP contribution is -2.41. The SMILES string of the molecule is CCCCCCCC/C=C\CCCCCCCC(=O)O[C@@H](CO)C(OP(=O)(O)O)C(=O)CCCCCCCCCCCCCCCCC. The van der Waals surface area contributed by atoms with Gasteiger partial charge in [0.05, 0.1) is 6.61 Å². The second-order valence-electron chi connectivity index (χ2n) is 13.7. The maximum absolute atomic E-state index is 12.9. The lowest BCUT2D eigenvalue weighted by molar-refractivity contribution is -0.160. The van der Waals surface area contributed by atoms with Crippen LogP contribution in [0.25, 0.3) is 0 Å². The molecule has 1 unspecified atom stereocenters. The number of unbranched alkanes of at least 4 members (excludes halogenated alkanes) is 25. The zero-order chi connectivity index (χ0) is 35.6. The predicted molar refractivity (Wildman–Crippen MR) is 198 cm³/mol. The van der Waals surface area contributed by atoms with E-state index in [1.165, 1.54) is 109 Å². The summed E-state index contributed by atoms with van der Waals surface area (Å²) >= 11 is 0. The number of rotatable bonds is 37. The highest BCUT2D eigenvalue weighted by Gasteiger charge is 2.36. The first-order valence-corrected chi connectivity index (χ1v) is 21.5. The number of esters is 1. The molecule has 48 heavy (non-hydrogen) atoms. The van der Waals surface area contributed by atoms with Gasteiger partial charge in [-0.3, -0.25) is 14.1 Å². The van der Waals surface area contributed by atoms with Gasteiger partial charge in [0, 0.05) is 12.8 Å². The van der Waals surface area contributed by atoms with Crippen molar-refractivity contribution in [1.82, 2.24) is 0 Å². The number of carbonyl (C=O) groups is 2. The predicted octanol–water partition coefficient (Wildman–Crippen LogP) is 11.2. The van der Waals surface area contributed by atoms with Gasteiger partial charge < -0.3 is 19.6 Å². The molecule has 0 fully saturated rings. The molecule has 0 radical (unpaired) electrons. The molecule has 8 nitrogen and oxygen atoms in total. The van der Waals surface area contributed by atoms with Crippen LogP contribution in [0.2, 0.25) is 0 Å². The summed E-state index contributed by atoms with van der Waals surface area (Å²) in [6.45, 7) is 3.73. The molecule has 2 atom stereocenters. The molecule has 0 aromatic heterocycles. The van der Waals surface area contributed by atoms with E-state index in [2.05, 4.69) is 26.0 Å². The number of hydrogen-bond acceptors (Lipinski definition) is 6. The summed E-state index contributed by atoms with van der Waals surface area (Å²) in [5.41, 5.74) is 0. The number of phosphoric ester groups is 1. The molecule has 0 saturated carbocycles. The number of ketones is 1. The highest BCUT2D eigenvalue weighted by atomic mass is 31.2. The highest BCUT2D eigenvalue weighted by molar-refractivity contribution is 7.46. The monoisotopic (exact) mass is 703 g/mol. The van der Waals surface area contributed by atoms with Crippen molar-refractivity contribution in [2.75, 3.05) is 6.61 Å². The first-order chi connectivity index (χ1) is 23.2. The number of aliphatic hydroxyl groups excluding tert-OH is 1. The third-order valence-corrected chi connectivity index (χ3v) is 9.54. The van der Waals surface area contributed by atoms with Gasteiger partial charge in [0.2, 0.25) is 0 Å². The Morgan fingerprint density at radius 2 is 0.917 bits per heavy atom. The van der Waals surface area contributed by atoms with Gasteiger partial charge in [-0.1, -0.05) is 167 Å². The minimum atomic E-state index is -5.04. The molecule has 0 heterocycles. The Balaban J connectivity index is 4.14. The maximum atomic E-state index is 12.9. The first-order valence-electron chi connectivity index (χ1n) is 20.0. The van der Waals surface area contributed by atoms with Crippen molar-refractivity contribution in [2.24, 2.45) is 0 Å². The Morgan fingerprint density at radius 1 is 0.562 bits per heavy atom. The smallest absolute Gasteiger partial charge is 0.457 e. The van der Waals surface area contributed by atoms with Crippen LogP contribution in [0.1, 0.15) is 206 Å². The summed E-state index contributed by atoms with van der Waals surface area (Å²) in [6, 6.07) is 0. The maximum Gasteiger partial charge on any atom is 0.470 e. The van der Waals surface area contributed by atoms with Crippen molar-refractivity contribution >= 4 is 19.6 Å². The van der Waals surface area contributed by atoms with E-state index in [1.54, 1.807) is 0 Å². The standard InChI is InChI=1S/C39H75O8P/c1-3-5-7-9-11-13-15-17-19-21-23-25-27-29-31-33-36(41)39(47-48(43,44)45)37(35-40)46-38(42)34-32-30-28-26-24-22-20-18-16-14-12-10-8-6-4-2/h18,20,37,39-40H,3-17,19,21-35H2,1-2H3,(H2,43,44,45)/b20-18-/t37-,39?/m0/s1. The van der Waals surface area contributed by atoms with Crippen molar-refractivity contribution in [2.45, 2.75) is 219 Å². The number of aliphatic hydroxyl groups is 1. The molecule has 0 rings (SSSR count). The van der Waals surface area contributed by atoms with Crippen molar-refractivity contribution < 1.29 is 38.3 Å². The van der Waals surface area contributed by atoms with Crippen LogP contribution in [-0.2, 0) is 23.4 Å². The molecular weight excluding hydrogens is 627 g/mol. The Hall–Kier alpha value is -1.05. The molecule has 0 aliphatic heterocycles. The summed E-state index contributed by atoms with van der Waals surface area (Å²) in [5.74, 6) is -1.17. The Labute approximate surface area is 294 Å². The lowest BCUT2D eigenvalue weighted by Gasteiger charge is -2.25. The number of allylic oxidation sites excluding steroid dienone is 2. The number of phosphoric acid groups is 1. The highest BCUT2D eigenvalue weighted by Crippen LogP contribution is 2.39. The molecule has 284 valence electrons. The normalized spacial score (nSPS) is 13.3. The third-order valence-electron chi connectivity index (χ3n) is 9.04. The van der Waals surface area contributed by atoms with Crippen LogP contribution < -0.4 is 0 Å². The molecule has 0 aromatic carbocycles. The quantitative estimate of drug-likeness (QED) is 0.0252. The van der Waals surface area contributed by atoms with Crippen LogP contribution in [0.3, 0.4) is 0 Å². The van der Waals surface area contributed by atoms with Gasteiger partial charge >= 0.3 is 13.8 Å². The van der Waals surface area contributed by atoms with Gasteiger partial charge in [-0.05, 0) is 38.5 Å². The minimum Gasteiger partial charge on any atom is -0.457 e. The Bertz CT molecular complexity index is 812. The van der Waals surface area contributed by atoms with E-state index < -0.39 is 38.4 Å². The summed E-state index contributed by atoms with van der Waals surface area (Å²) in [4.78, 5) is 44.1. The van der Waals surface area contributed by atoms with E-state index >= 15 is 0 Å². The molecule has 0 amide bonds. The van der Waals surface area contributed by atoms with Crippen LogP contribution in [-0.4, -0.2) is 45.5 Å². The number of hydrogen-bond donors (Lipinski definition) is 3. The molecular formula is C39H75O8P. The Morgan fingerprint density at radius 3 is 1.29 bits per heavy atom. The molecule has 0 saturated heterocycles. The van der Waals surface area contributed by atoms with Crippen LogP contribution in [0.5, 0.6) is 0 Å². The van der Waals surface area contributed by atoms with Crippen molar-refractivity contribution in [3.8, 4) is 0 Å². The van der Waals surface area contributed by atoms with Gasteiger partial charge in [0.25, 0.3) is 0 Å². The third kappa shape index (κ3) is 32.2. The molecule has 0 aromatic rings. The van der Waals surface area contributed by atoms with Crippen molar-refractivity contribution in [1.29, 1.82) is 0 Å². The van der Waals surface area contributed by atoms with Crippen molar-refractivity contribution in [3.63, 3.8) is 0 Å². The minimum absolute atomic E-state index is 0.0468. The van der Waals surface area contributed by atoms with Gasteiger partial charge in [0.15, 0.2) is 18.0 Å². The Kier molecular flexibility index (Phi) is 33.6. The molecule has 9 heteroatoms. The van der Waals surface area contributed by atoms with Crippen molar-refractivity contribution in [3.05, 3.63) is 12.2 Å². The van der Waals surface area contributed by atoms with E-state index in [0.717, 1.165) is 57.8 Å². The molecule has 3 N–H and O–H groups in total. The topological polar surface area (TPSA) is 130 Å². The molecule has 0 bridgehead atoms. The van der Waals surface area contributed by atoms with Crippen LogP contribution in [0, 0.1) is 0 Å². The lowest BCUT2D eigenvalue weighted by atomic mass is 10.0. The van der Waals surface area contributed by atoms with Crippen LogP contribution in [0.4, 0.5) is 0 Å². The van der Waals surface area contributed by atoms with Crippen LogP contribution >= 0.6 is 7.82 Å². The fourth-order valence-corrected chi connectivity index (χ4v) is 6.61. The second kappa shape index (κ2) is 34.4. The molecule has 0 aliphatic carbocycles. The number of ether oxygens (including phenoxy) is 1. The van der Waals surface area contributed by atoms with E-state index in [1.807, 2.05) is 0 Å². The fourth-order valence-electron chi connectivity index (χ4n) is 6.06. The second-order valence-corrected chi connectivity index (χ2v) is 14.9. The zero-order valence-electron chi connectivity index (χ0n) is 31.1.